The Morgan fingerprint density at radius 3 is 2.36 bits per heavy atom. The molecular weight excluding hydrogens is 368 g/mol. The Bertz CT molecular complexity index is 852. The van der Waals surface area contributed by atoms with Crippen LogP contribution in [-0.4, -0.2) is 54.5 Å². The molecule has 28 heavy (non-hydrogen) atoms. The minimum atomic E-state index is -2.94. The summed E-state index contributed by atoms with van der Waals surface area (Å²) in [5.41, 5.74) is 2.04. The predicted octanol–water partition coefficient (Wildman–Crippen LogP) is 3.59. The van der Waals surface area contributed by atoms with Crippen LogP contribution in [0.25, 0.3) is 0 Å². The van der Waals surface area contributed by atoms with Crippen LogP contribution in [0.1, 0.15) is 15.9 Å². The summed E-state index contributed by atoms with van der Waals surface area (Å²) >= 11 is 0. The fourth-order valence-corrected chi connectivity index (χ4v) is 3.03. The zero-order chi connectivity index (χ0) is 20.1. The lowest BCUT2D eigenvalue weighted by atomic mass is 10.1. The highest BCUT2D eigenvalue weighted by Gasteiger charge is 2.25. The SMILES string of the molecule is Cc1cccc(NC(=O)N2CCN(C(=O)c3cccc(OC(F)F)c3)CC2)c1. The molecular formula is C20H21F2N3O3. The van der Waals surface area contributed by atoms with Crippen LogP contribution < -0.4 is 10.1 Å². The van der Waals surface area contributed by atoms with Crippen molar-refractivity contribution in [3.8, 4) is 5.75 Å². The molecule has 0 aromatic heterocycles. The number of ether oxygens (including phenoxy) is 1. The number of aryl methyl sites for hydroxylation is 1. The van der Waals surface area contributed by atoms with Gasteiger partial charge >= 0.3 is 12.6 Å². The number of carbonyl (C=O) groups is 2. The van der Waals surface area contributed by atoms with Gasteiger partial charge in [0.15, 0.2) is 0 Å². The lowest BCUT2D eigenvalue weighted by Crippen LogP contribution is -2.51. The quantitative estimate of drug-likeness (QED) is 0.869. The molecule has 0 spiro atoms. The van der Waals surface area contributed by atoms with Crippen molar-refractivity contribution in [3.05, 3.63) is 59.7 Å². The summed E-state index contributed by atoms with van der Waals surface area (Å²) in [5.74, 6) is -0.338. The average molecular weight is 389 g/mol. The van der Waals surface area contributed by atoms with Gasteiger partial charge in [-0.1, -0.05) is 18.2 Å². The van der Waals surface area contributed by atoms with Gasteiger partial charge in [0, 0.05) is 37.4 Å². The molecule has 148 valence electrons. The lowest BCUT2D eigenvalue weighted by Gasteiger charge is -2.34. The van der Waals surface area contributed by atoms with Gasteiger partial charge in [-0.15, -0.1) is 0 Å². The summed E-state index contributed by atoms with van der Waals surface area (Å²) in [4.78, 5) is 28.2. The standard InChI is InChI=1S/C20H21F2N3O3/c1-14-4-2-6-16(12-14)23-20(27)25-10-8-24(9-11-25)18(26)15-5-3-7-17(13-15)28-19(21)22/h2-7,12-13,19H,8-11H2,1H3,(H,23,27). The molecule has 1 aliphatic rings. The highest BCUT2D eigenvalue weighted by Crippen LogP contribution is 2.18. The van der Waals surface area contributed by atoms with Crippen LogP contribution in [0, 0.1) is 6.92 Å². The van der Waals surface area contributed by atoms with Gasteiger partial charge < -0.3 is 19.9 Å². The molecule has 1 aliphatic heterocycles. The second-order valence-electron chi connectivity index (χ2n) is 6.49. The van der Waals surface area contributed by atoms with E-state index >= 15 is 0 Å². The molecule has 1 heterocycles. The molecule has 0 bridgehead atoms. The van der Waals surface area contributed by atoms with Crippen molar-refractivity contribution in [3.63, 3.8) is 0 Å². The molecule has 0 radical (unpaired) electrons. The van der Waals surface area contributed by atoms with E-state index in [0.717, 1.165) is 11.3 Å². The first-order valence-corrected chi connectivity index (χ1v) is 8.89. The Hall–Kier alpha value is -3.16. The molecule has 2 aromatic carbocycles. The smallest absolute Gasteiger partial charge is 0.387 e. The predicted molar refractivity (Wildman–Crippen MR) is 101 cm³/mol. The molecule has 0 unspecified atom stereocenters. The van der Waals surface area contributed by atoms with Gasteiger partial charge in [0.05, 0.1) is 0 Å². The maximum Gasteiger partial charge on any atom is 0.387 e. The second kappa shape index (κ2) is 8.69. The highest BCUT2D eigenvalue weighted by molar-refractivity contribution is 5.95. The average Bonchev–Trinajstić information content (AvgIpc) is 2.67. The van der Waals surface area contributed by atoms with Crippen LogP contribution >= 0.6 is 0 Å². The zero-order valence-corrected chi connectivity index (χ0v) is 15.4. The van der Waals surface area contributed by atoms with Gasteiger partial charge in [-0.05, 0) is 42.8 Å². The number of alkyl halides is 2. The third-order valence-electron chi connectivity index (χ3n) is 4.43. The Labute approximate surface area is 161 Å². The summed E-state index contributed by atoms with van der Waals surface area (Å²) in [5, 5.41) is 2.85. The van der Waals surface area contributed by atoms with E-state index in [1.54, 1.807) is 15.9 Å². The van der Waals surface area contributed by atoms with Crippen LogP contribution in [0.15, 0.2) is 48.5 Å². The van der Waals surface area contributed by atoms with Crippen LogP contribution in [0.4, 0.5) is 19.3 Å². The molecule has 1 N–H and O–H groups in total. The largest absolute Gasteiger partial charge is 0.435 e. The van der Waals surface area contributed by atoms with Crippen molar-refractivity contribution in [1.82, 2.24) is 9.80 Å². The van der Waals surface area contributed by atoms with E-state index < -0.39 is 6.61 Å². The van der Waals surface area contributed by atoms with Crippen molar-refractivity contribution in [2.24, 2.45) is 0 Å². The van der Waals surface area contributed by atoms with Crippen molar-refractivity contribution in [1.29, 1.82) is 0 Å². The minimum Gasteiger partial charge on any atom is -0.435 e. The Morgan fingerprint density at radius 2 is 1.68 bits per heavy atom. The fraction of sp³-hybridized carbons (Fsp3) is 0.300. The van der Waals surface area contributed by atoms with Gasteiger partial charge in [0.2, 0.25) is 0 Å². The minimum absolute atomic E-state index is 0.0583. The lowest BCUT2D eigenvalue weighted by molar-refractivity contribution is -0.0499. The molecule has 2 aromatic rings. The highest BCUT2D eigenvalue weighted by atomic mass is 19.3. The molecule has 0 saturated carbocycles. The number of nitrogens with zero attached hydrogens (tertiary/aromatic N) is 2. The first-order valence-electron chi connectivity index (χ1n) is 8.89. The summed E-state index contributed by atoms with van der Waals surface area (Å²) < 4.78 is 29.0. The number of rotatable bonds is 4. The molecule has 6 nitrogen and oxygen atoms in total. The molecule has 3 rings (SSSR count). The normalized spacial score (nSPS) is 14.1. The van der Waals surface area contributed by atoms with Crippen molar-refractivity contribution in [2.45, 2.75) is 13.5 Å². The zero-order valence-electron chi connectivity index (χ0n) is 15.4. The number of piperazine rings is 1. The molecule has 1 saturated heterocycles. The number of carbonyl (C=O) groups excluding carboxylic acids is 2. The summed E-state index contributed by atoms with van der Waals surface area (Å²) in [6.07, 6.45) is 0. The number of halogens is 2. The van der Waals surface area contributed by atoms with Gasteiger partial charge in [0.1, 0.15) is 5.75 Å². The third-order valence-corrected chi connectivity index (χ3v) is 4.43. The van der Waals surface area contributed by atoms with E-state index in [9.17, 15) is 18.4 Å². The first-order chi connectivity index (χ1) is 13.4. The van der Waals surface area contributed by atoms with Crippen LogP contribution in [0.2, 0.25) is 0 Å². The van der Waals surface area contributed by atoms with E-state index in [1.165, 1.54) is 18.2 Å². The van der Waals surface area contributed by atoms with E-state index in [4.69, 9.17) is 0 Å². The topological polar surface area (TPSA) is 61.9 Å². The van der Waals surface area contributed by atoms with Gasteiger partial charge in [0.25, 0.3) is 5.91 Å². The number of urea groups is 1. The van der Waals surface area contributed by atoms with Crippen molar-refractivity contribution < 1.29 is 23.1 Å². The molecule has 8 heteroatoms. The summed E-state index contributed by atoms with van der Waals surface area (Å²) in [7, 11) is 0. The number of hydrogen-bond donors (Lipinski definition) is 1. The Balaban J connectivity index is 1.56. The van der Waals surface area contributed by atoms with E-state index in [2.05, 4.69) is 10.1 Å². The van der Waals surface area contributed by atoms with E-state index in [0.29, 0.717) is 26.2 Å². The van der Waals surface area contributed by atoms with Gasteiger partial charge in [-0.25, -0.2) is 4.79 Å². The number of hydrogen-bond acceptors (Lipinski definition) is 3. The maximum absolute atomic E-state index is 12.6. The third kappa shape index (κ3) is 4.97. The summed E-state index contributed by atoms with van der Waals surface area (Å²) in [6, 6.07) is 13.0. The number of anilines is 1. The van der Waals surface area contributed by atoms with Crippen molar-refractivity contribution >= 4 is 17.6 Å². The number of nitrogens with one attached hydrogen (secondary N) is 1. The van der Waals surface area contributed by atoms with Crippen LogP contribution in [-0.2, 0) is 0 Å². The Morgan fingerprint density at radius 1 is 1.00 bits per heavy atom. The van der Waals surface area contributed by atoms with E-state index in [-0.39, 0.29) is 23.3 Å². The second-order valence-corrected chi connectivity index (χ2v) is 6.49. The number of benzene rings is 2. The molecule has 1 fully saturated rings. The monoisotopic (exact) mass is 389 g/mol. The van der Waals surface area contributed by atoms with Crippen molar-refractivity contribution in [2.75, 3.05) is 31.5 Å². The maximum atomic E-state index is 12.6. The van der Waals surface area contributed by atoms with Gasteiger partial charge in [-0.3, -0.25) is 4.79 Å². The van der Waals surface area contributed by atoms with Gasteiger partial charge in [-0.2, -0.15) is 8.78 Å². The first kappa shape index (κ1) is 19.6. The van der Waals surface area contributed by atoms with Crippen LogP contribution in [0.5, 0.6) is 5.75 Å². The number of amides is 3. The van der Waals surface area contributed by atoms with E-state index in [1.807, 2.05) is 31.2 Å². The molecule has 0 aliphatic carbocycles. The Kier molecular flexibility index (Phi) is 6.08. The summed E-state index contributed by atoms with van der Waals surface area (Å²) in [6.45, 7) is 0.495. The molecule has 3 amide bonds. The van der Waals surface area contributed by atoms with Crippen LogP contribution in [0.3, 0.4) is 0 Å². The molecule has 0 atom stereocenters. The fourth-order valence-electron chi connectivity index (χ4n) is 3.03.